The molecular weight excluding hydrogens is 218 g/mol. The van der Waals surface area contributed by atoms with Crippen molar-refractivity contribution in [2.75, 3.05) is 5.75 Å². The number of thiazole rings is 1. The van der Waals surface area contributed by atoms with E-state index in [0.29, 0.717) is 11.6 Å². The zero-order valence-electron chi connectivity index (χ0n) is 8.19. The quantitative estimate of drug-likeness (QED) is 0.791. The van der Waals surface area contributed by atoms with E-state index < -0.39 is 5.97 Å². The van der Waals surface area contributed by atoms with Gasteiger partial charge in [-0.1, -0.05) is 25.6 Å². The molecule has 0 fully saturated rings. The maximum atomic E-state index is 10.4. The largest absolute Gasteiger partial charge is 0.481 e. The molecule has 1 aromatic heterocycles. The summed E-state index contributed by atoms with van der Waals surface area (Å²) in [6.45, 7) is 4.30. The van der Waals surface area contributed by atoms with Crippen LogP contribution in [-0.2, 0) is 11.2 Å². The molecule has 0 saturated heterocycles. The fourth-order valence-electron chi connectivity index (χ4n) is 0.829. The van der Waals surface area contributed by atoms with E-state index in [-0.39, 0.29) is 6.42 Å². The second kappa shape index (κ2) is 5.36. The van der Waals surface area contributed by atoms with Crippen molar-refractivity contribution in [3.63, 3.8) is 0 Å². The first-order valence-corrected chi connectivity index (χ1v) is 6.23. The van der Waals surface area contributed by atoms with Crippen molar-refractivity contribution in [2.24, 2.45) is 5.92 Å². The minimum atomic E-state index is -0.823. The molecule has 1 aromatic rings. The third kappa shape index (κ3) is 4.11. The van der Waals surface area contributed by atoms with Gasteiger partial charge in [-0.2, -0.15) is 0 Å². The molecule has 0 amide bonds. The van der Waals surface area contributed by atoms with Gasteiger partial charge in [-0.15, -0.1) is 11.3 Å². The summed E-state index contributed by atoms with van der Waals surface area (Å²) in [5.41, 5.74) is 0.661. The zero-order valence-corrected chi connectivity index (χ0v) is 9.82. The highest BCUT2D eigenvalue weighted by Gasteiger charge is 2.06. The number of thioether (sulfide) groups is 1. The second-order valence-electron chi connectivity index (χ2n) is 3.38. The molecule has 78 valence electrons. The molecule has 0 spiro atoms. The van der Waals surface area contributed by atoms with E-state index >= 15 is 0 Å². The van der Waals surface area contributed by atoms with E-state index in [2.05, 4.69) is 18.8 Å². The second-order valence-corrected chi connectivity index (χ2v) is 5.51. The van der Waals surface area contributed by atoms with Crippen LogP contribution in [0.2, 0.25) is 0 Å². The first-order chi connectivity index (χ1) is 6.58. The summed E-state index contributed by atoms with van der Waals surface area (Å²) in [5.74, 6) is 0.836. The van der Waals surface area contributed by atoms with Crippen LogP contribution in [-0.4, -0.2) is 21.8 Å². The number of rotatable bonds is 5. The number of hydrogen-bond donors (Lipinski definition) is 1. The predicted molar refractivity (Wildman–Crippen MR) is 59.0 cm³/mol. The number of aliphatic carboxylic acids is 1. The van der Waals surface area contributed by atoms with Crippen molar-refractivity contribution in [2.45, 2.75) is 24.6 Å². The van der Waals surface area contributed by atoms with Crippen LogP contribution in [0.1, 0.15) is 19.5 Å². The highest BCUT2D eigenvalue weighted by molar-refractivity contribution is 8.01. The summed E-state index contributed by atoms with van der Waals surface area (Å²) in [4.78, 5) is 14.6. The molecule has 0 aliphatic carbocycles. The van der Waals surface area contributed by atoms with E-state index in [1.54, 1.807) is 11.8 Å². The maximum Gasteiger partial charge on any atom is 0.309 e. The standard InChI is InChI=1S/C9H13NO2S2/c1-6(2)4-13-9-10-7(5-14-9)3-8(11)12/h5-6H,3-4H2,1-2H3,(H,11,12). The van der Waals surface area contributed by atoms with Gasteiger partial charge in [-0.3, -0.25) is 4.79 Å². The highest BCUT2D eigenvalue weighted by Crippen LogP contribution is 2.24. The van der Waals surface area contributed by atoms with Crippen LogP contribution in [0.4, 0.5) is 0 Å². The van der Waals surface area contributed by atoms with Crippen molar-refractivity contribution in [3.05, 3.63) is 11.1 Å². The average Bonchev–Trinajstić information content (AvgIpc) is 2.47. The molecule has 0 radical (unpaired) electrons. The van der Waals surface area contributed by atoms with Gasteiger partial charge in [0.25, 0.3) is 0 Å². The van der Waals surface area contributed by atoms with E-state index in [0.717, 1.165) is 10.1 Å². The van der Waals surface area contributed by atoms with Crippen molar-refractivity contribution in [1.29, 1.82) is 0 Å². The normalized spacial score (nSPS) is 10.8. The molecule has 14 heavy (non-hydrogen) atoms. The molecule has 1 rings (SSSR count). The van der Waals surface area contributed by atoms with E-state index in [4.69, 9.17) is 5.11 Å². The molecule has 0 bridgehead atoms. The van der Waals surface area contributed by atoms with Gasteiger partial charge in [0.1, 0.15) is 4.34 Å². The van der Waals surface area contributed by atoms with Crippen LogP contribution < -0.4 is 0 Å². The lowest BCUT2D eigenvalue weighted by Crippen LogP contribution is -1.99. The Morgan fingerprint density at radius 2 is 2.43 bits per heavy atom. The Hall–Kier alpha value is -0.550. The van der Waals surface area contributed by atoms with E-state index in [1.165, 1.54) is 11.3 Å². The summed E-state index contributed by atoms with van der Waals surface area (Å²) in [5, 5.41) is 10.4. The Morgan fingerprint density at radius 1 is 1.71 bits per heavy atom. The van der Waals surface area contributed by atoms with E-state index in [9.17, 15) is 4.79 Å². The lowest BCUT2D eigenvalue weighted by molar-refractivity contribution is -0.136. The molecule has 3 nitrogen and oxygen atoms in total. The molecule has 0 aromatic carbocycles. The fraction of sp³-hybridized carbons (Fsp3) is 0.556. The average molecular weight is 231 g/mol. The first kappa shape index (κ1) is 11.5. The molecule has 0 atom stereocenters. The van der Waals surface area contributed by atoms with Crippen molar-refractivity contribution < 1.29 is 9.90 Å². The number of carboxylic acid groups (broad SMARTS) is 1. The van der Waals surface area contributed by atoms with Crippen LogP contribution in [0, 0.1) is 5.92 Å². The SMILES string of the molecule is CC(C)CSc1nc(CC(=O)O)cs1. The predicted octanol–water partition coefficient (Wildman–Crippen LogP) is 2.52. The summed E-state index contributed by atoms with van der Waals surface area (Å²) in [6.07, 6.45) is 0.0265. The van der Waals surface area contributed by atoms with Crippen LogP contribution in [0.5, 0.6) is 0 Å². The molecule has 5 heteroatoms. The third-order valence-electron chi connectivity index (χ3n) is 1.40. The lowest BCUT2D eigenvalue weighted by Gasteiger charge is -1.99. The molecule has 0 saturated carbocycles. The minimum absolute atomic E-state index is 0.0265. The minimum Gasteiger partial charge on any atom is -0.481 e. The number of aromatic nitrogens is 1. The van der Waals surface area contributed by atoms with Gasteiger partial charge in [0, 0.05) is 11.1 Å². The zero-order chi connectivity index (χ0) is 10.6. The molecule has 0 aliphatic rings. The molecule has 1 heterocycles. The van der Waals surface area contributed by atoms with Crippen LogP contribution in [0.15, 0.2) is 9.72 Å². The van der Waals surface area contributed by atoms with Gasteiger partial charge in [-0.05, 0) is 5.92 Å². The molecular formula is C9H13NO2S2. The summed E-state index contributed by atoms with van der Waals surface area (Å²) < 4.78 is 0.968. The number of hydrogen-bond acceptors (Lipinski definition) is 4. The Balaban J connectivity index is 2.46. The van der Waals surface area contributed by atoms with Gasteiger partial charge < -0.3 is 5.11 Å². The van der Waals surface area contributed by atoms with Gasteiger partial charge in [0.2, 0.25) is 0 Å². The Bertz CT molecular complexity index is 310. The smallest absolute Gasteiger partial charge is 0.309 e. The Morgan fingerprint density at radius 3 is 3.00 bits per heavy atom. The van der Waals surface area contributed by atoms with Crippen LogP contribution in [0.25, 0.3) is 0 Å². The van der Waals surface area contributed by atoms with Gasteiger partial charge in [0.05, 0.1) is 12.1 Å². The Labute approximate surface area is 91.6 Å². The number of carboxylic acids is 1. The fourth-order valence-corrected chi connectivity index (χ4v) is 2.65. The number of nitrogens with zero attached hydrogens (tertiary/aromatic N) is 1. The molecule has 1 N–H and O–H groups in total. The Kier molecular flexibility index (Phi) is 4.41. The van der Waals surface area contributed by atoms with Gasteiger partial charge in [0.15, 0.2) is 0 Å². The third-order valence-corrected chi connectivity index (χ3v) is 3.90. The van der Waals surface area contributed by atoms with Crippen molar-refractivity contribution in [1.82, 2.24) is 4.98 Å². The lowest BCUT2D eigenvalue weighted by atomic mass is 10.3. The van der Waals surface area contributed by atoms with Crippen molar-refractivity contribution in [3.8, 4) is 0 Å². The highest BCUT2D eigenvalue weighted by atomic mass is 32.2. The van der Waals surface area contributed by atoms with Gasteiger partial charge in [-0.25, -0.2) is 4.98 Å². The summed E-state index contributed by atoms with van der Waals surface area (Å²) in [7, 11) is 0. The summed E-state index contributed by atoms with van der Waals surface area (Å²) >= 11 is 3.21. The van der Waals surface area contributed by atoms with Crippen LogP contribution >= 0.6 is 23.1 Å². The first-order valence-electron chi connectivity index (χ1n) is 4.37. The molecule has 0 aliphatic heterocycles. The maximum absolute atomic E-state index is 10.4. The topological polar surface area (TPSA) is 50.2 Å². The summed E-state index contributed by atoms with van der Waals surface area (Å²) in [6, 6.07) is 0. The van der Waals surface area contributed by atoms with Gasteiger partial charge >= 0.3 is 5.97 Å². The van der Waals surface area contributed by atoms with Crippen molar-refractivity contribution >= 4 is 29.1 Å². The number of carbonyl (C=O) groups is 1. The molecule has 0 unspecified atom stereocenters. The van der Waals surface area contributed by atoms with Crippen LogP contribution in [0.3, 0.4) is 0 Å². The monoisotopic (exact) mass is 231 g/mol. The van der Waals surface area contributed by atoms with E-state index in [1.807, 2.05) is 5.38 Å².